The average molecular weight is 269 g/mol. The summed E-state index contributed by atoms with van der Waals surface area (Å²) in [4.78, 5) is 0. The fraction of sp³-hybridized carbons (Fsp3) is 0.471. The van der Waals surface area contributed by atoms with Gasteiger partial charge in [-0.15, -0.1) is 0 Å². The Morgan fingerprint density at radius 1 is 1.15 bits per heavy atom. The third-order valence-corrected chi connectivity index (χ3v) is 3.79. The third-order valence-electron chi connectivity index (χ3n) is 3.79. The van der Waals surface area contributed by atoms with Crippen LogP contribution in [0.1, 0.15) is 44.9 Å². The van der Waals surface area contributed by atoms with E-state index in [9.17, 15) is 0 Å². The van der Waals surface area contributed by atoms with Crippen molar-refractivity contribution >= 4 is 0 Å². The fourth-order valence-corrected chi connectivity index (χ4v) is 2.25. The highest BCUT2D eigenvalue weighted by Gasteiger charge is 2.20. The second-order valence-corrected chi connectivity index (χ2v) is 6.70. The van der Waals surface area contributed by atoms with E-state index in [1.165, 1.54) is 18.4 Å². The van der Waals surface area contributed by atoms with Gasteiger partial charge in [-0.3, -0.25) is 0 Å². The van der Waals surface area contributed by atoms with Crippen LogP contribution in [0, 0.1) is 0 Å². The van der Waals surface area contributed by atoms with Crippen molar-refractivity contribution < 1.29 is 0 Å². The van der Waals surface area contributed by atoms with Gasteiger partial charge in [-0.05, 0) is 42.0 Å². The first-order valence-electron chi connectivity index (χ1n) is 7.41. The van der Waals surface area contributed by atoms with Gasteiger partial charge >= 0.3 is 0 Å². The third kappa shape index (κ3) is 3.10. The van der Waals surface area contributed by atoms with Gasteiger partial charge in [0, 0.05) is 18.8 Å². The van der Waals surface area contributed by atoms with Crippen LogP contribution in [0.3, 0.4) is 0 Å². The van der Waals surface area contributed by atoms with E-state index < -0.39 is 0 Å². The number of hydrogen-bond donors (Lipinski definition) is 1. The van der Waals surface area contributed by atoms with E-state index in [1.807, 2.05) is 10.9 Å². The zero-order chi connectivity index (χ0) is 14.2. The van der Waals surface area contributed by atoms with Crippen molar-refractivity contribution in [2.75, 3.05) is 0 Å². The molecule has 106 valence electrons. The molecule has 1 fully saturated rings. The van der Waals surface area contributed by atoms with Gasteiger partial charge in [-0.1, -0.05) is 32.9 Å². The normalized spacial score (nSPS) is 15.6. The molecule has 1 N–H and O–H groups in total. The molecule has 0 aliphatic heterocycles. The van der Waals surface area contributed by atoms with E-state index in [1.54, 1.807) is 0 Å². The fourth-order valence-electron chi connectivity index (χ4n) is 2.25. The summed E-state index contributed by atoms with van der Waals surface area (Å²) in [7, 11) is 0. The molecule has 1 aromatic carbocycles. The van der Waals surface area contributed by atoms with E-state index in [0.29, 0.717) is 0 Å². The molecule has 0 unspecified atom stereocenters. The number of nitrogens with zero attached hydrogens (tertiary/aromatic N) is 2. The van der Waals surface area contributed by atoms with Gasteiger partial charge in [0.25, 0.3) is 0 Å². The molecule has 0 saturated heterocycles. The lowest BCUT2D eigenvalue weighted by molar-refractivity contribution is 0.590. The van der Waals surface area contributed by atoms with Crippen molar-refractivity contribution in [3.8, 4) is 5.69 Å². The minimum Gasteiger partial charge on any atom is -0.308 e. The summed E-state index contributed by atoms with van der Waals surface area (Å²) < 4.78 is 1.95. The van der Waals surface area contributed by atoms with Crippen molar-refractivity contribution in [1.82, 2.24) is 15.1 Å². The number of nitrogens with one attached hydrogen (secondary N) is 1. The second kappa shape index (κ2) is 5.06. The van der Waals surface area contributed by atoms with Crippen LogP contribution in [0.15, 0.2) is 36.5 Å². The number of aromatic nitrogens is 2. The van der Waals surface area contributed by atoms with Gasteiger partial charge in [-0.25, -0.2) is 4.68 Å². The zero-order valence-corrected chi connectivity index (χ0v) is 12.6. The van der Waals surface area contributed by atoms with Crippen LogP contribution < -0.4 is 5.32 Å². The van der Waals surface area contributed by atoms with Crippen LogP contribution >= 0.6 is 0 Å². The Hall–Kier alpha value is -1.61. The van der Waals surface area contributed by atoms with E-state index >= 15 is 0 Å². The smallest absolute Gasteiger partial charge is 0.0766 e. The van der Waals surface area contributed by atoms with Gasteiger partial charge in [0.1, 0.15) is 0 Å². The highest BCUT2D eigenvalue weighted by molar-refractivity contribution is 5.36. The predicted octanol–water partition coefficient (Wildman–Crippen LogP) is 3.42. The molecule has 1 aliphatic rings. The van der Waals surface area contributed by atoms with E-state index in [4.69, 9.17) is 0 Å². The molecule has 3 nitrogen and oxygen atoms in total. The number of hydrogen-bond acceptors (Lipinski definition) is 2. The molecule has 0 amide bonds. The van der Waals surface area contributed by atoms with Crippen LogP contribution in [-0.4, -0.2) is 15.8 Å². The van der Waals surface area contributed by atoms with Crippen molar-refractivity contribution in [1.29, 1.82) is 0 Å². The lowest BCUT2D eigenvalue weighted by Crippen LogP contribution is -2.15. The van der Waals surface area contributed by atoms with Gasteiger partial charge in [0.15, 0.2) is 0 Å². The molecular formula is C17H23N3. The Balaban J connectivity index is 1.71. The molecule has 3 heteroatoms. The van der Waals surface area contributed by atoms with Crippen molar-refractivity contribution in [3.63, 3.8) is 0 Å². The van der Waals surface area contributed by atoms with Gasteiger partial charge in [-0.2, -0.15) is 5.10 Å². The molecule has 1 aliphatic carbocycles. The Kier molecular flexibility index (Phi) is 3.38. The van der Waals surface area contributed by atoms with Crippen LogP contribution in [0.5, 0.6) is 0 Å². The predicted molar refractivity (Wildman–Crippen MR) is 82.1 cm³/mol. The molecule has 1 saturated carbocycles. The lowest BCUT2D eigenvalue weighted by Gasteiger charge is -2.19. The maximum atomic E-state index is 4.63. The topological polar surface area (TPSA) is 29.9 Å². The molecule has 1 aromatic heterocycles. The summed E-state index contributed by atoms with van der Waals surface area (Å²) in [6, 6.07) is 11.5. The zero-order valence-electron chi connectivity index (χ0n) is 12.6. The second-order valence-electron chi connectivity index (χ2n) is 6.70. The molecule has 0 bridgehead atoms. The quantitative estimate of drug-likeness (QED) is 0.921. The van der Waals surface area contributed by atoms with Crippen molar-refractivity contribution in [2.24, 2.45) is 0 Å². The molecule has 20 heavy (non-hydrogen) atoms. The van der Waals surface area contributed by atoms with Crippen LogP contribution in [0.4, 0.5) is 0 Å². The van der Waals surface area contributed by atoms with E-state index in [-0.39, 0.29) is 5.41 Å². The van der Waals surface area contributed by atoms with Crippen molar-refractivity contribution in [3.05, 3.63) is 47.8 Å². The monoisotopic (exact) mass is 269 g/mol. The van der Waals surface area contributed by atoms with E-state index in [0.717, 1.165) is 24.0 Å². The first-order chi connectivity index (χ1) is 9.52. The molecule has 0 spiro atoms. The van der Waals surface area contributed by atoms with Gasteiger partial charge < -0.3 is 5.32 Å². The summed E-state index contributed by atoms with van der Waals surface area (Å²) in [5.74, 6) is 0. The minimum absolute atomic E-state index is 0.196. The van der Waals surface area contributed by atoms with E-state index in [2.05, 4.69) is 61.5 Å². The Morgan fingerprint density at radius 2 is 1.85 bits per heavy atom. The molecule has 3 rings (SSSR count). The average Bonchev–Trinajstić information content (AvgIpc) is 3.13. The molecule has 0 atom stereocenters. The molecule has 1 heterocycles. The van der Waals surface area contributed by atoms with Crippen LogP contribution in [0.2, 0.25) is 0 Å². The Bertz CT molecular complexity index is 571. The molecular weight excluding hydrogens is 246 g/mol. The van der Waals surface area contributed by atoms with Crippen LogP contribution in [0.25, 0.3) is 5.69 Å². The highest BCUT2D eigenvalue weighted by Crippen LogP contribution is 2.23. The first kappa shape index (κ1) is 13.4. The first-order valence-corrected chi connectivity index (χ1v) is 7.41. The molecule has 2 aromatic rings. The summed E-state index contributed by atoms with van der Waals surface area (Å²) in [5.41, 5.74) is 3.78. The van der Waals surface area contributed by atoms with Crippen molar-refractivity contribution in [2.45, 2.75) is 51.6 Å². The maximum absolute atomic E-state index is 4.63. The maximum Gasteiger partial charge on any atom is 0.0766 e. The summed E-state index contributed by atoms with van der Waals surface area (Å²) >= 11 is 0. The molecule has 0 radical (unpaired) electrons. The SMILES string of the molecule is CC(C)(C)c1ccc(-n2ccc(CNC3CC3)n2)cc1. The number of rotatable bonds is 4. The number of benzene rings is 1. The lowest BCUT2D eigenvalue weighted by atomic mass is 9.87. The highest BCUT2D eigenvalue weighted by atomic mass is 15.3. The van der Waals surface area contributed by atoms with Gasteiger partial charge in [0.2, 0.25) is 0 Å². The Labute approximate surface area is 121 Å². The summed E-state index contributed by atoms with van der Waals surface area (Å²) in [5, 5.41) is 8.12. The Morgan fingerprint density at radius 3 is 2.45 bits per heavy atom. The van der Waals surface area contributed by atoms with Gasteiger partial charge in [0.05, 0.1) is 11.4 Å². The summed E-state index contributed by atoms with van der Waals surface area (Å²) in [6.45, 7) is 7.57. The summed E-state index contributed by atoms with van der Waals surface area (Å²) in [6.07, 6.45) is 4.67. The minimum atomic E-state index is 0.196. The standard InChI is InChI=1S/C17H23N3/c1-17(2,3)13-4-8-16(9-5-13)20-11-10-15(19-20)12-18-14-6-7-14/h4-5,8-11,14,18H,6-7,12H2,1-3H3. The van der Waals surface area contributed by atoms with Crippen LogP contribution in [-0.2, 0) is 12.0 Å². The largest absolute Gasteiger partial charge is 0.308 e.